The molecule has 1 aliphatic heterocycles. The van der Waals surface area contributed by atoms with Crippen LogP contribution in [0.15, 0.2) is 53.4 Å². The average Bonchev–Trinajstić information content (AvgIpc) is 2.98. The van der Waals surface area contributed by atoms with Gasteiger partial charge in [-0.1, -0.05) is 18.2 Å². The van der Waals surface area contributed by atoms with E-state index >= 15 is 0 Å². The largest absolute Gasteiger partial charge is 0.494 e. The van der Waals surface area contributed by atoms with Crippen LogP contribution in [0.4, 0.5) is 10.5 Å². The minimum Gasteiger partial charge on any atom is -0.494 e. The molecule has 1 aliphatic rings. The fourth-order valence-electron chi connectivity index (χ4n) is 2.88. The summed E-state index contributed by atoms with van der Waals surface area (Å²) in [6.07, 6.45) is 1.59. The third-order valence-electron chi connectivity index (χ3n) is 4.19. The van der Waals surface area contributed by atoms with E-state index in [2.05, 4.69) is 5.32 Å². The molecule has 0 saturated carbocycles. The van der Waals surface area contributed by atoms with Gasteiger partial charge in [0.2, 0.25) is 5.91 Å². The molecular weight excluding hydrogens is 416 g/mol. The standard InChI is InChI=1S/C23H24N2O5S/c1-4-29-18-11-9-17(10-12-18)24-21(26)14-25-22(27)20(31-23(25)28)13-16-7-5-6-8-19(16)30-15(2)3/h5-13,15H,4,14H2,1-3H3,(H,24,26)/b20-13-. The minimum absolute atomic E-state index is 0.0316. The van der Waals surface area contributed by atoms with E-state index in [0.717, 1.165) is 16.7 Å². The first-order valence-corrected chi connectivity index (χ1v) is 10.7. The number of anilines is 1. The van der Waals surface area contributed by atoms with Gasteiger partial charge in [0.15, 0.2) is 0 Å². The summed E-state index contributed by atoms with van der Waals surface area (Å²) in [6.45, 7) is 5.89. The van der Waals surface area contributed by atoms with Crippen LogP contribution in [0.5, 0.6) is 11.5 Å². The van der Waals surface area contributed by atoms with Crippen LogP contribution < -0.4 is 14.8 Å². The molecule has 1 N–H and O–H groups in total. The van der Waals surface area contributed by atoms with Gasteiger partial charge in [-0.2, -0.15) is 0 Å². The molecule has 1 heterocycles. The van der Waals surface area contributed by atoms with E-state index in [1.165, 1.54) is 0 Å². The Kier molecular flexibility index (Phi) is 7.36. The predicted octanol–water partition coefficient (Wildman–Crippen LogP) is 4.55. The number of ether oxygens (including phenoxy) is 2. The fraction of sp³-hybridized carbons (Fsp3) is 0.261. The Morgan fingerprint density at radius 1 is 1.13 bits per heavy atom. The first kappa shape index (κ1) is 22.4. The summed E-state index contributed by atoms with van der Waals surface area (Å²) >= 11 is 0.806. The first-order valence-electron chi connectivity index (χ1n) is 9.91. The van der Waals surface area contributed by atoms with Gasteiger partial charge in [-0.05, 0) is 68.9 Å². The van der Waals surface area contributed by atoms with Gasteiger partial charge in [0.05, 0.1) is 17.6 Å². The third-order valence-corrected chi connectivity index (χ3v) is 5.10. The number of imide groups is 1. The highest BCUT2D eigenvalue weighted by Crippen LogP contribution is 2.34. The number of hydrogen-bond acceptors (Lipinski definition) is 6. The maximum atomic E-state index is 12.7. The molecule has 7 nitrogen and oxygen atoms in total. The topological polar surface area (TPSA) is 84.9 Å². The van der Waals surface area contributed by atoms with Crippen molar-refractivity contribution in [3.8, 4) is 11.5 Å². The number of rotatable bonds is 8. The molecule has 162 valence electrons. The van der Waals surface area contributed by atoms with Crippen LogP contribution in [0, 0.1) is 0 Å². The maximum absolute atomic E-state index is 12.7. The molecule has 0 radical (unpaired) electrons. The van der Waals surface area contributed by atoms with E-state index < -0.39 is 17.1 Å². The molecule has 0 unspecified atom stereocenters. The Bertz CT molecular complexity index is 1000. The zero-order valence-corrected chi connectivity index (χ0v) is 18.4. The van der Waals surface area contributed by atoms with Crippen LogP contribution in [0.1, 0.15) is 26.3 Å². The highest BCUT2D eigenvalue weighted by Gasteiger charge is 2.36. The van der Waals surface area contributed by atoms with Crippen LogP contribution in [-0.4, -0.2) is 41.2 Å². The van der Waals surface area contributed by atoms with Crippen molar-refractivity contribution in [2.45, 2.75) is 26.9 Å². The minimum atomic E-state index is -0.504. The van der Waals surface area contributed by atoms with Crippen LogP contribution in [0.2, 0.25) is 0 Å². The third kappa shape index (κ3) is 5.88. The molecule has 1 fully saturated rings. The van der Waals surface area contributed by atoms with Gasteiger partial charge < -0.3 is 14.8 Å². The number of nitrogens with zero attached hydrogens (tertiary/aromatic N) is 1. The van der Waals surface area contributed by atoms with E-state index in [4.69, 9.17) is 9.47 Å². The predicted molar refractivity (Wildman–Crippen MR) is 121 cm³/mol. The zero-order valence-electron chi connectivity index (χ0n) is 17.6. The second kappa shape index (κ2) is 10.2. The van der Waals surface area contributed by atoms with Crippen LogP contribution in [-0.2, 0) is 9.59 Å². The van der Waals surface area contributed by atoms with Crippen molar-refractivity contribution < 1.29 is 23.9 Å². The second-order valence-electron chi connectivity index (χ2n) is 6.98. The molecule has 0 aromatic heterocycles. The monoisotopic (exact) mass is 440 g/mol. The molecule has 2 aromatic rings. The lowest BCUT2D eigenvalue weighted by molar-refractivity contribution is -0.127. The van der Waals surface area contributed by atoms with Crippen molar-refractivity contribution in [3.63, 3.8) is 0 Å². The number of benzene rings is 2. The molecule has 3 amide bonds. The Hall–Kier alpha value is -3.26. The number of carbonyl (C=O) groups excluding carboxylic acids is 3. The maximum Gasteiger partial charge on any atom is 0.294 e. The zero-order chi connectivity index (χ0) is 22.4. The summed E-state index contributed by atoms with van der Waals surface area (Å²) in [6, 6.07) is 14.1. The summed E-state index contributed by atoms with van der Waals surface area (Å²) in [5.41, 5.74) is 1.25. The highest BCUT2D eigenvalue weighted by atomic mass is 32.2. The van der Waals surface area contributed by atoms with Crippen molar-refractivity contribution in [1.29, 1.82) is 0 Å². The van der Waals surface area contributed by atoms with Gasteiger partial charge in [0, 0.05) is 11.3 Å². The number of carbonyl (C=O) groups is 3. The fourth-order valence-corrected chi connectivity index (χ4v) is 3.71. The molecule has 0 bridgehead atoms. The number of nitrogens with one attached hydrogen (secondary N) is 1. The van der Waals surface area contributed by atoms with Gasteiger partial charge in [-0.3, -0.25) is 19.3 Å². The average molecular weight is 441 g/mol. The Balaban J connectivity index is 1.68. The smallest absolute Gasteiger partial charge is 0.294 e. The van der Waals surface area contributed by atoms with E-state index in [1.54, 1.807) is 36.4 Å². The molecule has 0 aliphatic carbocycles. The summed E-state index contributed by atoms with van der Waals surface area (Å²) < 4.78 is 11.1. The second-order valence-corrected chi connectivity index (χ2v) is 7.97. The van der Waals surface area contributed by atoms with Gasteiger partial charge in [0.1, 0.15) is 18.0 Å². The molecule has 31 heavy (non-hydrogen) atoms. The Morgan fingerprint density at radius 3 is 2.52 bits per heavy atom. The van der Waals surface area contributed by atoms with Crippen molar-refractivity contribution in [1.82, 2.24) is 4.90 Å². The van der Waals surface area contributed by atoms with Gasteiger partial charge >= 0.3 is 0 Å². The molecule has 2 aromatic carbocycles. The van der Waals surface area contributed by atoms with Crippen molar-refractivity contribution in [2.24, 2.45) is 0 Å². The Morgan fingerprint density at radius 2 is 1.84 bits per heavy atom. The molecule has 8 heteroatoms. The molecule has 3 rings (SSSR count). The molecule has 0 atom stereocenters. The van der Waals surface area contributed by atoms with E-state index in [1.807, 2.05) is 39.0 Å². The van der Waals surface area contributed by atoms with Crippen molar-refractivity contribution >= 4 is 40.6 Å². The normalized spacial score (nSPS) is 15.0. The van der Waals surface area contributed by atoms with Crippen LogP contribution in [0.25, 0.3) is 6.08 Å². The molecular formula is C23H24N2O5S. The Labute approximate surface area is 185 Å². The summed E-state index contributed by atoms with van der Waals surface area (Å²) in [5, 5.41) is 2.20. The lowest BCUT2D eigenvalue weighted by Gasteiger charge is -2.13. The lowest BCUT2D eigenvalue weighted by Crippen LogP contribution is -2.36. The first-order chi connectivity index (χ1) is 14.9. The van der Waals surface area contributed by atoms with Crippen molar-refractivity contribution in [3.05, 3.63) is 59.0 Å². The highest BCUT2D eigenvalue weighted by molar-refractivity contribution is 8.18. The van der Waals surface area contributed by atoms with Crippen LogP contribution >= 0.6 is 11.8 Å². The van der Waals surface area contributed by atoms with E-state index in [-0.39, 0.29) is 17.6 Å². The van der Waals surface area contributed by atoms with Crippen LogP contribution in [0.3, 0.4) is 0 Å². The number of hydrogen-bond donors (Lipinski definition) is 1. The van der Waals surface area contributed by atoms with Gasteiger partial charge in [-0.25, -0.2) is 0 Å². The van der Waals surface area contributed by atoms with Gasteiger partial charge in [-0.15, -0.1) is 0 Å². The van der Waals surface area contributed by atoms with E-state index in [0.29, 0.717) is 29.4 Å². The summed E-state index contributed by atoms with van der Waals surface area (Å²) in [5.74, 6) is 0.350. The van der Waals surface area contributed by atoms with Gasteiger partial charge in [0.25, 0.3) is 11.1 Å². The number of para-hydroxylation sites is 1. The lowest BCUT2D eigenvalue weighted by atomic mass is 10.2. The quantitative estimate of drug-likeness (QED) is 0.607. The summed E-state index contributed by atoms with van der Waals surface area (Å²) in [7, 11) is 0. The number of amides is 3. The molecule has 1 saturated heterocycles. The van der Waals surface area contributed by atoms with E-state index in [9.17, 15) is 14.4 Å². The number of thioether (sulfide) groups is 1. The van der Waals surface area contributed by atoms with Crippen molar-refractivity contribution in [2.75, 3.05) is 18.5 Å². The molecule has 0 spiro atoms. The summed E-state index contributed by atoms with van der Waals surface area (Å²) in [4.78, 5) is 38.6. The SMILES string of the molecule is CCOc1ccc(NC(=O)CN2C(=O)S/C(=C\c3ccccc3OC(C)C)C2=O)cc1.